The summed E-state index contributed by atoms with van der Waals surface area (Å²) in [7, 11) is 0. The molecule has 0 heterocycles. The first-order valence-electron chi connectivity index (χ1n) is 5.29. The van der Waals surface area contributed by atoms with E-state index in [0.29, 0.717) is 0 Å². The molecule has 2 rings (SSSR count). The van der Waals surface area contributed by atoms with Crippen LogP contribution in [0.1, 0.15) is 0 Å². The van der Waals surface area contributed by atoms with Gasteiger partial charge in [0.2, 0.25) is 0 Å². The lowest BCUT2D eigenvalue weighted by molar-refractivity contribution is 1.57. The molecule has 0 nitrogen and oxygen atoms in total. The topological polar surface area (TPSA) is 0 Å². The molecule has 0 heteroatoms. The molecule has 0 bridgehead atoms. The van der Waals surface area contributed by atoms with E-state index in [4.69, 9.17) is 0 Å². The molecule has 0 aliphatic rings. The Morgan fingerprint density at radius 2 is 1.19 bits per heavy atom. The standard InChI is InChI=1S/C16H14/c1-3-7-13-11-15-9-5-6-10-16(15)12-14(13)8-4-2/h3-12H,1-2H2/b13-7-,14-8-. The van der Waals surface area contributed by atoms with Crippen LogP contribution in [-0.2, 0) is 0 Å². The van der Waals surface area contributed by atoms with Crippen LogP contribution < -0.4 is 10.4 Å². The average molecular weight is 206 g/mol. The Morgan fingerprint density at radius 1 is 0.750 bits per heavy atom. The molecule has 16 heavy (non-hydrogen) atoms. The van der Waals surface area contributed by atoms with Crippen LogP contribution in [0.4, 0.5) is 0 Å². The molecular weight excluding hydrogens is 192 g/mol. The largest absolute Gasteiger partial charge is 0.0990 e. The zero-order chi connectivity index (χ0) is 11.4. The molecule has 78 valence electrons. The van der Waals surface area contributed by atoms with Gasteiger partial charge in [0.15, 0.2) is 0 Å². The van der Waals surface area contributed by atoms with E-state index in [-0.39, 0.29) is 0 Å². The van der Waals surface area contributed by atoms with Gasteiger partial charge in [0.25, 0.3) is 0 Å². The van der Waals surface area contributed by atoms with Crippen LogP contribution in [-0.4, -0.2) is 0 Å². The zero-order valence-electron chi connectivity index (χ0n) is 9.19. The lowest BCUT2D eigenvalue weighted by Crippen LogP contribution is -2.23. The lowest BCUT2D eigenvalue weighted by Gasteiger charge is -1.97. The van der Waals surface area contributed by atoms with E-state index in [2.05, 4.69) is 49.6 Å². The molecule has 0 unspecified atom stereocenters. The fourth-order valence-corrected chi connectivity index (χ4v) is 1.82. The molecule has 0 saturated carbocycles. The van der Waals surface area contributed by atoms with Gasteiger partial charge in [0.05, 0.1) is 0 Å². The minimum atomic E-state index is 1.17. The quantitative estimate of drug-likeness (QED) is 0.708. The Hall–Kier alpha value is -2.08. The van der Waals surface area contributed by atoms with Gasteiger partial charge in [-0.2, -0.15) is 0 Å². The average Bonchev–Trinajstić information content (AvgIpc) is 2.30. The Labute approximate surface area is 95.5 Å². The van der Waals surface area contributed by atoms with Crippen LogP contribution in [0.25, 0.3) is 22.9 Å². The van der Waals surface area contributed by atoms with Gasteiger partial charge in [-0.15, -0.1) is 0 Å². The molecule has 0 aliphatic carbocycles. The number of allylic oxidation sites excluding steroid dienone is 2. The van der Waals surface area contributed by atoms with Crippen LogP contribution >= 0.6 is 0 Å². The van der Waals surface area contributed by atoms with E-state index in [9.17, 15) is 0 Å². The first kappa shape index (κ1) is 10.4. The summed E-state index contributed by atoms with van der Waals surface area (Å²) >= 11 is 0. The highest BCUT2D eigenvalue weighted by Gasteiger charge is 1.92. The second kappa shape index (κ2) is 4.63. The Bertz CT molecular complexity index is 587. The summed E-state index contributed by atoms with van der Waals surface area (Å²) in [6, 6.07) is 12.7. The van der Waals surface area contributed by atoms with E-state index < -0.39 is 0 Å². The van der Waals surface area contributed by atoms with Gasteiger partial charge in [-0.1, -0.05) is 61.7 Å². The van der Waals surface area contributed by atoms with Crippen molar-refractivity contribution in [2.24, 2.45) is 0 Å². The first-order valence-corrected chi connectivity index (χ1v) is 5.29. The highest BCUT2D eigenvalue weighted by Crippen LogP contribution is 2.07. The minimum Gasteiger partial charge on any atom is -0.0990 e. The van der Waals surface area contributed by atoms with Crippen LogP contribution in [0, 0.1) is 0 Å². The maximum atomic E-state index is 3.74. The zero-order valence-corrected chi connectivity index (χ0v) is 9.19. The molecule has 0 aliphatic heterocycles. The smallest absolute Gasteiger partial charge is 0.0178 e. The fourth-order valence-electron chi connectivity index (χ4n) is 1.82. The second-order valence-electron chi connectivity index (χ2n) is 3.63. The molecule has 0 atom stereocenters. The van der Waals surface area contributed by atoms with Gasteiger partial charge >= 0.3 is 0 Å². The van der Waals surface area contributed by atoms with Crippen molar-refractivity contribution >= 4 is 22.9 Å². The van der Waals surface area contributed by atoms with Gasteiger partial charge in [-0.05, 0) is 33.3 Å². The Kier molecular flexibility index (Phi) is 3.02. The molecular formula is C16H14. The molecule has 0 radical (unpaired) electrons. The minimum absolute atomic E-state index is 1.17. The molecule has 2 aromatic rings. The maximum absolute atomic E-state index is 3.74. The van der Waals surface area contributed by atoms with E-state index in [0.717, 1.165) is 0 Å². The third-order valence-corrected chi connectivity index (χ3v) is 2.55. The van der Waals surface area contributed by atoms with Crippen molar-refractivity contribution in [1.29, 1.82) is 0 Å². The van der Waals surface area contributed by atoms with Crippen molar-refractivity contribution in [3.05, 3.63) is 72.1 Å². The van der Waals surface area contributed by atoms with Crippen LogP contribution in [0.3, 0.4) is 0 Å². The monoisotopic (exact) mass is 206 g/mol. The van der Waals surface area contributed by atoms with E-state index >= 15 is 0 Å². The fraction of sp³-hybridized carbons (Fsp3) is 0. The summed E-state index contributed by atoms with van der Waals surface area (Å²) in [5.74, 6) is 0. The number of rotatable bonds is 2. The number of fused-ring (bicyclic) bond motifs is 1. The van der Waals surface area contributed by atoms with E-state index in [1.54, 1.807) is 0 Å². The molecule has 0 saturated heterocycles. The van der Waals surface area contributed by atoms with Gasteiger partial charge in [-0.25, -0.2) is 0 Å². The van der Waals surface area contributed by atoms with Crippen molar-refractivity contribution in [2.75, 3.05) is 0 Å². The number of hydrogen-bond donors (Lipinski definition) is 0. The highest BCUT2D eigenvalue weighted by molar-refractivity contribution is 5.83. The van der Waals surface area contributed by atoms with Crippen molar-refractivity contribution in [2.45, 2.75) is 0 Å². The van der Waals surface area contributed by atoms with Crippen molar-refractivity contribution in [3.63, 3.8) is 0 Å². The van der Waals surface area contributed by atoms with E-state index in [1.807, 2.05) is 24.3 Å². The SMILES string of the molecule is C=C/C=c1/cc2ccccc2c/c1=C/C=C. The maximum Gasteiger partial charge on any atom is -0.0178 e. The van der Waals surface area contributed by atoms with Gasteiger partial charge in [-0.3, -0.25) is 0 Å². The molecule has 2 aromatic carbocycles. The number of hydrogen-bond acceptors (Lipinski definition) is 0. The van der Waals surface area contributed by atoms with E-state index in [1.165, 1.54) is 21.2 Å². The summed E-state index contributed by atoms with van der Waals surface area (Å²) < 4.78 is 0. The summed E-state index contributed by atoms with van der Waals surface area (Å²) in [6.07, 6.45) is 7.65. The third-order valence-electron chi connectivity index (χ3n) is 2.55. The number of benzene rings is 2. The third kappa shape index (κ3) is 1.96. The highest BCUT2D eigenvalue weighted by atomic mass is 14.0. The molecule has 0 fully saturated rings. The first-order chi connectivity index (χ1) is 7.85. The summed E-state index contributed by atoms with van der Waals surface area (Å²) in [6.45, 7) is 7.48. The van der Waals surface area contributed by atoms with Gasteiger partial charge in [0, 0.05) is 0 Å². The van der Waals surface area contributed by atoms with Gasteiger partial charge in [0.1, 0.15) is 0 Å². The molecule has 0 amide bonds. The summed E-state index contributed by atoms with van der Waals surface area (Å²) in [4.78, 5) is 0. The second-order valence-corrected chi connectivity index (χ2v) is 3.63. The summed E-state index contributed by atoms with van der Waals surface area (Å²) in [5.41, 5.74) is 0. The van der Waals surface area contributed by atoms with Crippen LogP contribution in [0.2, 0.25) is 0 Å². The van der Waals surface area contributed by atoms with Crippen LogP contribution in [0.15, 0.2) is 61.7 Å². The normalized spacial score (nSPS) is 13.0. The van der Waals surface area contributed by atoms with Crippen molar-refractivity contribution < 1.29 is 0 Å². The molecule has 0 N–H and O–H groups in total. The molecule has 0 aromatic heterocycles. The Balaban J connectivity index is 2.92. The predicted molar refractivity (Wildman–Crippen MR) is 72.5 cm³/mol. The van der Waals surface area contributed by atoms with Crippen LogP contribution in [0.5, 0.6) is 0 Å². The predicted octanol–water partition coefficient (Wildman–Crippen LogP) is 2.77. The lowest BCUT2D eigenvalue weighted by atomic mass is 10.1. The molecule has 0 spiro atoms. The summed E-state index contributed by atoms with van der Waals surface area (Å²) in [5, 5.41) is 4.84. The van der Waals surface area contributed by atoms with Gasteiger partial charge < -0.3 is 0 Å². The van der Waals surface area contributed by atoms with Crippen molar-refractivity contribution in [1.82, 2.24) is 0 Å². The Morgan fingerprint density at radius 3 is 1.56 bits per heavy atom. The van der Waals surface area contributed by atoms with Crippen molar-refractivity contribution in [3.8, 4) is 0 Å².